The highest BCUT2D eigenvalue weighted by Gasteiger charge is 2.23. The van der Waals surface area contributed by atoms with E-state index in [9.17, 15) is 0 Å². The van der Waals surface area contributed by atoms with Gasteiger partial charge in [0.15, 0.2) is 0 Å². The van der Waals surface area contributed by atoms with Crippen LogP contribution in [0, 0.1) is 0 Å². The van der Waals surface area contributed by atoms with Gasteiger partial charge in [-0.3, -0.25) is 9.36 Å². The van der Waals surface area contributed by atoms with E-state index in [1.807, 2.05) is 36.3 Å². The molecule has 0 radical (unpaired) electrons. The lowest BCUT2D eigenvalue weighted by Crippen LogP contribution is -2.06. The normalized spacial score (nSPS) is 14.2. The zero-order valence-electron chi connectivity index (χ0n) is 12.4. The quantitative estimate of drug-likeness (QED) is 0.724. The average Bonchev–Trinajstić information content (AvgIpc) is 3.06. The molecule has 0 atom stereocenters. The minimum atomic E-state index is 0.431. The van der Waals surface area contributed by atoms with Gasteiger partial charge in [-0.25, -0.2) is 4.98 Å². The van der Waals surface area contributed by atoms with E-state index in [0.717, 1.165) is 22.7 Å². The molecule has 0 N–H and O–H groups in total. The lowest BCUT2D eigenvalue weighted by Gasteiger charge is -2.04. The van der Waals surface area contributed by atoms with Gasteiger partial charge in [-0.05, 0) is 30.5 Å². The smallest absolute Gasteiger partial charge is 0.148 e. The van der Waals surface area contributed by atoms with Gasteiger partial charge in [0.2, 0.25) is 0 Å². The molecule has 6 nitrogen and oxygen atoms in total. The summed E-state index contributed by atoms with van der Waals surface area (Å²) in [4.78, 5) is 4.21. The zero-order valence-corrected chi connectivity index (χ0v) is 12.4. The maximum absolute atomic E-state index is 5.77. The molecule has 1 fully saturated rings. The van der Waals surface area contributed by atoms with Crippen LogP contribution in [0.3, 0.4) is 0 Å². The molecule has 3 aromatic rings. The van der Waals surface area contributed by atoms with Crippen LogP contribution in [0.2, 0.25) is 0 Å². The molecule has 0 amide bonds. The lowest BCUT2D eigenvalue weighted by molar-refractivity contribution is 0.303. The first kappa shape index (κ1) is 13.1. The van der Waals surface area contributed by atoms with E-state index in [0.29, 0.717) is 12.6 Å². The van der Waals surface area contributed by atoms with Crippen LogP contribution in [0.5, 0.6) is 5.75 Å². The second-order valence-electron chi connectivity index (χ2n) is 5.57. The minimum Gasteiger partial charge on any atom is -0.490 e. The van der Waals surface area contributed by atoms with Crippen LogP contribution in [-0.4, -0.2) is 30.6 Å². The summed E-state index contributed by atoms with van der Waals surface area (Å²) < 4.78 is 9.39. The first-order valence-electron chi connectivity index (χ1n) is 7.40. The standard InChI is InChI=1S/C16H17N5O/c1-20-16(17-11-19-20)10-21-9-13(8-18-21)12-2-4-14(5-3-12)22-15-6-7-15/h2-5,8-9,11,15H,6-7,10H2,1H3. The predicted octanol–water partition coefficient (Wildman–Crippen LogP) is 2.27. The second kappa shape index (κ2) is 5.29. The van der Waals surface area contributed by atoms with Crippen molar-refractivity contribution in [3.63, 3.8) is 0 Å². The number of aryl methyl sites for hydroxylation is 1. The maximum Gasteiger partial charge on any atom is 0.148 e. The molecule has 4 rings (SSSR count). The van der Waals surface area contributed by atoms with E-state index >= 15 is 0 Å². The van der Waals surface area contributed by atoms with Crippen LogP contribution in [0.4, 0.5) is 0 Å². The van der Waals surface area contributed by atoms with Crippen LogP contribution < -0.4 is 4.74 Å². The number of hydrogen-bond donors (Lipinski definition) is 0. The Morgan fingerprint density at radius 3 is 2.64 bits per heavy atom. The van der Waals surface area contributed by atoms with Gasteiger partial charge < -0.3 is 4.74 Å². The molecule has 1 aliphatic carbocycles. The Morgan fingerprint density at radius 2 is 1.95 bits per heavy atom. The molecule has 112 valence electrons. The van der Waals surface area contributed by atoms with Gasteiger partial charge in [0, 0.05) is 18.8 Å². The molecule has 2 aromatic heterocycles. The van der Waals surface area contributed by atoms with Gasteiger partial charge in [0.05, 0.1) is 12.3 Å². The van der Waals surface area contributed by atoms with Crippen molar-refractivity contribution in [3.8, 4) is 16.9 Å². The number of rotatable bonds is 5. The van der Waals surface area contributed by atoms with Crippen molar-refractivity contribution in [2.24, 2.45) is 7.05 Å². The van der Waals surface area contributed by atoms with Crippen LogP contribution in [0.15, 0.2) is 43.0 Å². The van der Waals surface area contributed by atoms with Crippen molar-refractivity contribution in [1.29, 1.82) is 0 Å². The summed E-state index contributed by atoms with van der Waals surface area (Å²) in [5.41, 5.74) is 2.22. The van der Waals surface area contributed by atoms with Crippen molar-refractivity contribution < 1.29 is 4.74 Å². The fourth-order valence-electron chi connectivity index (χ4n) is 2.31. The van der Waals surface area contributed by atoms with Crippen LogP contribution >= 0.6 is 0 Å². The van der Waals surface area contributed by atoms with Crippen LogP contribution in [0.25, 0.3) is 11.1 Å². The molecular weight excluding hydrogens is 278 g/mol. The number of nitrogens with zero attached hydrogens (tertiary/aromatic N) is 5. The number of ether oxygens (including phenoxy) is 1. The third kappa shape index (κ3) is 2.72. The Bertz CT molecular complexity index is 770. The highest BCUT2D eigenvalue weighted by molar-refractivity contribution is 5.62. The lowest BCUT2D eigenvalue weighted by atomic mass is 10.1. The molecule has 0 saturated heterocycles. The van der Waals surface area contributed by atoms with Crippen molar-refractivity contribution in [2.75, 3.05) is 0 Å². The molecule has 0 aliphatic heterocycles. The Kier molecular flexibility index (Phi) is 3.14. The van der Waals surface area contributed by atoms with Crippen LogP contribution in [-0.2, 0) is 13.6 Å². The van der Waals surface area contributed by atoms with E-state index in [-0.39, 0.29) is 0 Å². The van der Waals surface area contributed by atoms with Crippen molar-refractivity contribution >= 4 is 0 Å². The van der Waals surface area contributed by atoms with Gasteiger partial charge in [-0.1, -0.05) is 12.1 Å². The molecule has 1 aromatic carbocycles. The Balaban J connectivity index is 1.49. The highest BCUT2D eigenvalue weighted by Crippen LogP contribution is 2.28. The van der Waals surface area contributed by atoms with E-state index in [4.69, 9.17) is 4.74 Å². The van der Waals surface area contributed by atoms with Gasteiger partial charge in [0.25, 0.3) is 0 Å². The number of aromatic nitrogens is 5. The first-order valence-corrected chi connectivity index (χ1v) is 7.40. The van der Waals surface area contributed by atoms with Gasteiger partial charge in [0.1, 0.15) is 24.4 Å². The summed E-state index contributed by atoms with van der Waals surface area (Å²) in [5, 5.41) is 8.46. The molecular formula is C16H17N5O. The molecule has 0 spiro atoms. The Morgan fingerprint density at radius 1 is 1.14 bits per heavy atom. The van der Waals surface area contributed by atoms with E-state index in [1.54, 1.807) is 11.0 Å². The monoisotopic (exact) mass is 295 g/mol. The topological polar surface area (TPSA) is 57.8 Å². The predicted molar refractivity (Wildman–Crippen MR) is 81.4 cm³/mol. The van der Waals surface area contributed by atoms with Gasteiger partial charge in [-0.15, -0.1) is 0 Å². The SMILES string of the molecule is Cn1ncnc1Cn1cc(-c2ccc(OC3CC3)cc2)cn1. The summed E-state index contributed by atoms with van der Waals surface area (Å²) in [6, 6.07) is 8.18. The first-order chi connectivity index (χ1) is 10.8. The largest absolute Gasteiger partial charge is 0.490 e. The summed E-state index contributed by atoms with van der Waals surface area (Å²) in [6.45, 7) is 0.610. The maximum atomic E-state index is 5.77. The summed E-state index contributed by atoms with van der Waals surface area (Å²) in [6.07, 6.45) is 8.23. The second-order valence-corrected chi connectivity index (χ2v) is 5.57. The Labute approximate surface area is 128 Å². The van der Waals surface area contributed by atoms with E-state index in [2.05, 4.69) is 27.3 Å². The van der Waals surface area contributed by atoms with Gasteiger partial charge >= 0.3 is 0 Å². The van der Waals surface area contributed by atoms with Crippen LogP contribution in [0.1, 0.15) is 18.7 Å². The third-order valence-electron chi connectivity index (χ3n) is 3.76. The molecule has 22 heavy (non-hydrogen) atoms. The fourth-order valence-corrected chi connectivity index (χ4v) is 2.31. The summed E-state index contributed by atoms with van der Waals surface area (Å²) in [5.74, 6) is 1.82. The molecule has 2 heterocycles. The Hall–Kier alpha value is -2.63. The molecule has 1 aliphatic rings. The molecule has 1 saturated carbocycles. The van der Waals surface area contributed by atoms with Gasteiger partial charge in [-0.2, -0.15) is 10.2 Å². The molecule has 6 heteroatoms. The number of hydrogen-bond acceptors (Lipinski definition) is 4. The summed E-state index contributed by atoms with van der Waals surface area (Å²) in [7, 11) is 1.88. The number of benzene rings is 1. The molecule has 0 bridgehead atoms. The van der Waals surface area contributed by atoms with E-state index < -0.39 is 0 Å². The van der Waals surface area contributed by atoms with E-state index in [1.165, 1.54) is 12.8 Å². The highest BCUT2D eigenvalue weighted by atomic mass is 16.5. The summed E-state index contributed by atoms with van der Waals surface area (Å²) >= 11 is 0. The van der Waals surface area contributed by atoms with Crippen molar-refractivity contribution in [1.82, 2.24) is 24.5 Å². The zero-order chi connectivity index (χ0) is 14.9. The fraction of sp³-hybridized carbons (Fsp3) is 0.312. The van der Waals surface area contributed by atoms with Crippen molar-refractivity contribution in [2.45, 2.75) is 25.5 Å². The third-order valence-corrected chi connectivity index (χ3v) is 3.76. The van der Waals surface area contributed by atoms with Crippen molar-refractivity contribution in [3.05, 3.63) is 48.8 Å². The average molecular weight is 295 g/mol. The minimum absolute atomic E-state index is 0.431. The molecule has 0 unspecified atom stereocenters.